The Balaban J connectivity index is 3.66. The average molecular weight is 359 g/mol. The third-order valence-corrected chi connectivity index (χ3v) is 5.02. The summed E-state index contributed by atoms with van der Waals surface area (Å²) < 4.78 is 0.553. The van der Waals surface area contributed by atoms with Crippen molar-refractivity contribution in [1.82, 2.24) is 0 Å². The molecule has 0 aliphatic rings. The van der Waals surface area contributed by atoms with E-state index in [1.807, 2.05) is 21.0 Å². The van der Waals surface area contributed by atoms with Crippen molar-refractivity contribution >= 4 is 5.97 Å². The zero-order valence-electron chi connectivity index (χ0n) is 17.4. The van der Waals surface area contributed by atoms with Gasteiger partial charge in [0.05, 0.1) is 27.1 Å². The molecule has 0 aliphatic heterocycles. The zero-order valence-corrected chi connectivity index (χ0v) is 17.4. The summed E-state index contributed by atoms with van der Waals surface area (Å²) in [6.45, 7) is 5.32. The lowest BCUT2D eigenvalue weighted by Gasteiger charge is -2.36. The first kappa shape index (κ1) is 24.4. The van der Waals surface area contributed by atoms with E-state index in [0.717, 1.165) is 12.8 Å². The number of hydrogen-bond acceptors (Lipinski definition) is 2. The van der Waals surface area contributed by atoms with Crippen molar-refractivity contribution in [3.05, 3.63) is 0 Å². The predicted molar refractivity (Wildman–Crippen MR) is 106 cm³/mol. The fourth-order valence-corrected chi connectivity index (χ4v) is 3.65. The van der Waals surface area contributed by atoms with Crippen LogP contribution in [-0.4, -0.2) is 53.5 Å². The molecule has 0 spiro atoms. The summed E-state index contributed by atoms with van der Waals surface area (Å²) in [5.41, 5.74) is -0.707. The molecule has 0 aromatic rings. The molecule has 0 amide bonds. The Labute approximate surface area is 156 Å². The quantitative estimate of drug-likeness (QED) is 0.284. The van der Waals surface area contributed by atoms with Crippen molar-refractivity contribution in [2.45, 2.75) is 103 Å². The minimum absolute atomic E-state index is 0.154. The van der Waals surface area contributed by atoms with Crippen LogP contribution in [0.4, 0.5) is 0 Å². The maximum Gasteiger partial charge on any atom is 0.309 e. The lowest BCUT2D eigenvalue weighted by Crippen LogP contribution is -2.51. The molecule has 0 saturated heterocycles. The monoisotopic (exact) mass is 358 g/mol. The molecule has 1 unspecified atom stereocenters. The number of carboxylic acid groups (broad SMARTS) is 1. The molecular formula is C21H44NO3+. The number of rotatable bonds is 17. The number of likely N-dealkylation sites (N-methyl/N-ethyl adjacent to an activating group) is 1. The van der Waals surface area contributed by atoms with Crippen LogP contribution in [0, 0.1) is 0 Å². The van der Waals surface area contributed by atoms with Crippen LogP contribution in [0.15, 0.2) is 0 Å². The van der Waals surface area contributed by atoms with E-state index in [0.29, 0.717) is 17.6 Å². The Morgan fingerprint density at radius 3 is 1.76 bits per heavy atom. The molecule has 0 heterocycles. The summed E-state index contributed by atoms with van der Waals surface area (Å²) in [6, 6.07) is 0. The molecule has 0 aliphatic carbocycles. The molecule has 0 rings (SSSR count). The van der Waals surface area contributed by atoms with Gasteiger partial charge in [0.15, 0.2) is 0 Å². The molecule has 0 aromatic carbocycles. The molecule has 25 heavy (non-hydrogen) atoms. The summed E-state index contributed by atoms with van der Waals surface area (Å²) in [5, 5.41) is 19.4. The average Bonchev–Trinajstić information content (AvgIpc) is 2.50. The lowest BCUT2D eigenvalue weighted by atomic mass is 9.96. The molecule has 0 bridgehead atoms. The van der Waals surface area contributed by atoms with Gasteiger partial charge in [-0.05, 0) is 13.3 Å². The van der Waals surface area contributed by atoms with Gasteiger partial charge < -0.3 is 14.7 Å². The highest BCUT2D eigenvalue weighted by Crippen LogP contribution is 2.20. The number of unbranched alkanes of at least 4 members (excludes halogenated alkanes) is 10. The normalized spacial score (nSPS) is 14.4. The van der Waals surface area contributed by atoms with Gasteiger partial charge in [-0.25, -0.2) is 0 Å². The Morgan fingerprint density at radius 2 is 1.32 bits per heavy atom. The number of aliphatic carboxylic acids is 1. The number of quaternary nitrogens is 1. The summed E-state index contributed by atoms with van der Waals surface area (Å²) >= 11 is 0. The van der Waals surface area contributed by atoms with Gasteiger partial charge in [0, 0.05) is 0 Å². The third kappa shape index (κ3) is 16.6. The van der Waals surface area contributed by atoms with Gasteiger partial charge in [-0.3, -0.25) is 4.79 Å². The van der Waals surface area contributed by atoms with E-state index in [9.17, 15) is 9.90 Å². The van der Waals surface area contributed by atoms with E-state index in [1.165, 1.54) is 64.2 Å². The van der Waals surface area contributed by atoms with Crippen molar-refractivity contribution in [3.8, 4) is 0 Å². The van der Waals surface area contributed by atoms with Crippen LogP contribution in [-0.2, 0) is 4.79 Å². The number of hydrogen-bond donors (Lipinski definition) is 2. The largest absolute Gasteiger partial charge is 0.481 e. The molecule has 4 nitrogen and oxygen atoms in total. The van der Waals surface area contributed by atoms with E-state index in [4.69, 9.17) is 5.11 Å². The van der Waals surface area contributed by atoms with Crippen molar-refractivity contribution in [2.75, 3.05) is 27.2 Å². The number of carbonyl (C=O) groups is 1. The molecular weight excluding hydrogens is 314 g/mol. The number of nitrogens with zero attached hydrogens (tertiary/aromatic N) is 1. The Kier molecular flexibility index (Phi) is 13.2. The summed E-state index contributed by atoms with van der Waals surface area (Å²) in [7, 11) is 4.00. The van der Waals surface area contributed by atoms with E-state index in [-0.39, 0.29) is 6.42 Å². The van der Waals surface area contributed by atoms with Gasteiger partial charge in [0.25, 0.3) is 0 Å². The van der Waals surface area contributed by atoms with Gasteiger partial charge in [-0.2, -0.15) is 0 Å². The van der Waals surface area contributed by atoms with Crippen molar-refractivity contribution in [1.29, 1.82) is 0 Å². The summed E-state index contributed by atoms with van der Waals surface area (Å²) in [4.78, 5) is 10.7. The van der Waals surface area contributed by atoms with Gasteiger partial charge in [0.1, 0.15) is 12.1 Å². The highest BCUT2D eigenvalue weighted by atomic mass is 16.4. The van der Waals surface area contributed by atoms with Crippen molar-refractivity contribution in [3.63, 3.8) is 0 Å². The van der Waals surface area contributed by atoms with Crippen LogP contribution in [0.3, 0.4) is 0 Å². The van der Waals surface area contributed by atoms with Crippen LogP contribution in [0.2, 0.25) is 0 Å². The number of aliphatic hydroxyl groups is 1. The second-order valence-electron chi connectivity index (χ2n) is 8.74. The molecule has 150 valence electrons. The first-order chi connectivity index (χ1) is 11.7. The fourth-order valence-electron chi connectivity index (χ4n) is 3.65. The molecule has 0 fully saturated rings. The minimum atomic E-state index is -0.767. The molecule has 1 atom stereocenters. The Bertz CT molecular complexity index is 340. The third-order valence-electron chi connectivity index (χ3n) is 5.02. The van der Waals surface area contributed by atoms with E-state index < -0.39 is 11.6 Å². The topological polar surface area (TPSA) is 57.5 Å². The first-order valence-electron chi connectivity index (χ1n) is 10.4. The number of carboxylic acids is 1. The van der Waals surface area contributed by atoms with Crippen LogP contribution in [0.1, 0.15) is 97.3 Å². The molecule has 4 heteroatoms. The lowest BCUT2D eigenvalue weighted by molar-refractivity contribution is -0.896. The van der Waals surface area contributed by atoms with E-state index in [2.05, 4.69) is 6.92 Å². The smallest absolute Gasteiger partial charge is 0.309 e. The minimum Gasteiger partial charge on any atom is -0.481 e. The van der Waals surface area contributed by atoms with Crippen LogP contribution < -0.4 is 0 Å². The first-order valence-corrected chi connectivity index (χ1v) is 10.4. The summed E-state index contributed by atoms with van der Waals surface area (Å²) in [6.07, 6.45) is 15.4. The molecule has 0 saturated carbocycles. The zero-order chi connectivity index (χ0) is 19.2. The highest BCUT2D eigenvalue weighted by molar-refractivity contribution is 5.66. The maximum atomic E-state index is 10.7. The maximum absolute atomic E-state index is 10.7. The van der Waals surface area contributed by atoms with Gasteiger partial charge >= 0.3 is 5.97 Å². The van der Waals surface area contributed by atoms with Crippen LogP contribution >= 0.6 is 0 Å². The van der Waals surface area contributed by atoms with E-state index >= 15 is 0 Å². The molecule has 2 N–H and O–H groups in total. The Hall–Kier alpha value is -0.610. The second kappa shape index (κ2) is 13.6. The van der Waals surface area contributed by atoms with Gasteiger partial charge in [-0.1, -0.05) is 77.6 Å². The summed E-state index contributed by atoms with van der Waals surface area (Å²) in [5.74, 6) is -0.767. The van der Waals surface area contributed by atoms with Crippen LogP contribution in [0.25, 0.3) is 0 Å². The second-order valence-corrected chi connectivity index (χ2v) is 8.74. The van der Waals surface area contributed by atoms with Gasteiger partial charge in [0.2, 0.25) is 0 Å². The fraction of sp³-hybridized carbons (Fsp3) is 0.952. The molecule has 0 radical (unpaired) electrons. The van der Waals surface area contributed by atoms with E-state index in [1.54, 1.807) is 0 Å². The predicted octanol–water partition coefficient (Wildman–Crippen LogP) is 4.99. The standard InChI is InChI=1S/C21H43NO3/c1-5-6-7-8-9-10-11-12-13-14-15-17-21(2,25)19-22(3,4)18-16-20(23)24/h25H,5-19H2,1-4H3/p+1. The molecule has 0 aromatic heterocycles. The Morgan fingerprint density at radius 1 is 0.880 bits per heavy atom. The van der Waals surface area contributed by atoms with Crippen LogP contribution in [0.5, 0.6) is 0 Å². The SMILES string of the molecule is CCCCCCCCCCCCCC(C)(O)C[N+](C)(C)CCC(=O)O. The van der Waals surface area contributed by atoms with Crippen molar-refractivity contribution in [2.24, 2.45) is 0 Å². The van der Waals surface area contributed by atoms with Crippen molar-refractivity contribution < 1.29 is 19.5 Å². The van der Waals surface area contributed by atoms with Gasteiger partial charge in [-0.15, -0.1) is 0 Å². The highest BCUT2D eigenvalue weighted by Gasteiger charge is 2.30.